The molecule has 164 valence electrons. The average Bonchev–Trinajstić information content (AvgIpc) is 3.13. The monoisotopic (exact) mass is 443 g/mol. The third-order valence-corrected chi connectivity index (χ3v) is 5.86. The second-order valence-corrected chi connectivity index (χ2v) is 7.90. The van der Waals surface area contributed by atoms with Crippen molar-refractivity contribution >= 4 is 40.3 Å². The molecule has 31 heavy (non-hydrogen) atoms. The number of hydrogen-bond donors (Lipinski definition) is 2. The molecule has 0 saturated carbocycles. The maximum atomic E-state index is 12.4. The Bertz CT molecular complexity index is 982. The molecular formula is C22H25N3O5S. The predicted molar refractivity (Wildman–Crippen MR) is 119 cm³/mol. The highest BCUT2D eigenvalue weighted by Gasteiger charge is 2.28. The van der Waals surface area contributed by atoms with Crippen molar-refractivity contribution < 1.29 is 23.9 Å². The number of fused-ring (bicyclic) bond motifs is 1. The molecule has 0 spiro atoms. The Hall–Kier alpha value is -3.20. The molecule has 0 bridgehead atoms. The van der Waals surface area contributed by atoms with Gasteiger partial charge in [-0.1, -0.05) is 0 Å². The summed E-state index contributed by atoms with van der Waals surface area (Å²) < 4.78 is 10.5. The van der Waals surface area contributed by atoms with Crippen LogP contribution in [0.5, 0.6) is 5.75 Å². The van der Waals surface area contributed by atoms with Crippen LogP contribution in [-0.4, -0.2) is 37.2 Å². The van der Waals surface area contributed by atoms with Crippen LogP contribution in [0.4, 0.5) is 5.00 Å². The molecule has 1 aliphatic carbocycles. The molecule has 0 atom stereocenters. The number of anilines is 1. The Kier molecular flexibility index (Phi) is 7.77. The Morgan fingerprint density at radius 2 is 1.81 bits per heavy atom. The van der Waals surface area contributed by atoms with Gasteiger partial charge in [0.2, 0.25) is 0 Å². The van der Waals surface area contributed by atoms with Gasteiger partial charge < -0.3 is 14.8 Å². The summed E-state index contributed by atoms with van der Waals surface area (Å²) in [5.74, 6) is -1.57. The summed E-state index contributed by atoms with van der Waals surface area (Å²) in [6.07, 6.45) is 5.04. The first kappa shape index (κ1) is 22.5. The number of hydrogen-bond acceptors (Lipinski definition) is 7. The topological polar surface area (TPSA) is 106 Å². The van der Waals surface area contributed by atoms with E-state index in [4.69, 9.17) is 9.47 Å². The molecule has 0 aliphatic heterocycles. The minimum atomic E-state index is -0.927. The van der Waals surface area contributed by atoms with E-state index in [1.807, 2.05) is 6.92 Å². The molecule has 0 radical (unpaired) electrons. The van der Waals surface area contributed by atoms with Gasteiger partial charge in [-0.3, -0.25) is 9.59 Å². The van der Waals surface area contributed by atoms with Crippen LogP contribution >= 0.6 is 11.3 Å². The summed E-state index contributed by atoms with van der Waals surface area (Å²) in [6.45, 7) is 4.43. The van der Waals surface area contributed by atoms with Crippen LogP contribution < -0.4 is 15.5 Å². The van der Waals surface area contributed by atoms with Crippen LogP contribution in [0.15, 0.2) is 29.4 Å². The molecule has 0 fully saturated rings. The zero-order valence-corrected chi connectivity index (χ0v) is 18.3. The lowest BCUT2D eigenvalue weighted by Gasteiger charge is -2.12. The SMILES string of the molecule is CCOC(=O)c1c(NC(=O)C(=O)NN=Cc2ccc(OCC)cc2)sc2c1CCCC2. The number of thiophene rings is 1. The van der Waals surface area contributed by atoms with Crippen molar-refractivity contribution in [1.82, 2.24) is 5.43 Å². The van der Waals surface area contributed by atoms with Crippen LogP contribution in [0.25, 0.3) is 0 Å². The molecule has 2 amide bonds. The number of carbonyl (C=O) groups is 3. The molecule has 1 heterocycles. The van der Waals surface area contributed by atoms with E-state index < -0.39 is 17.8 Å². The third kappa shape index (κ3) is 5.69. The first-order valence-corrected chi connectivity index (χ1v) is 11.0. The van der Waals surface area contributed by atoms with Crippen molar-refractivity contribution in [2.45, 2.75) is 39.5 Å². The minimum absolute atomic E-state index is 0.234. The van der Waals surface area contributed by atoms with E-state index in [1.165, 1.54) is 17.6 Å². The molecule has 1 aromatic heterocycles. The summed E-state index contributed by atoms with van der Waals surface area (Å²) in [6, 6.07) is 7.13. The lowest BCUT2D eigenvalue weighted by atomic mass is 9.95. The molecular weight excluding hydrogens is 418 g/mol. The number of nitrogens with one attached hydrogen (secondary N) is 2. The third-order valence-electron chi connectivity index (χ3n) is 4.65. The zero-order chi connectivity index (χ0) is 22.2. The number of esters is 1. The largest absolute Gasteiger partial charge is 0.494 e. The average molecular weight is 444 g/mol. The summed E-state index contributed by atoms with van der Waals surface area (Å²) >= 11 is 1.32. The Labute approximate surface area is 184 Å². The van der Waals surface area contributed by atoms with Crippen LogP contribution in [0, 0.1) is 0 Å². The maximum absolute atomic E-state index is 12.4. The summed E-state index contributed by atoms with van der Waals surface area (Å²) in [5.41, 5.74) is 4.22. The van der Waals surface area contributed by atoms with Crippen molar-refractivity contribution in [3.63, 3.8) is 0 Å². The number of nitrogens with zero attached hydrogens (tertiary/aromatic N) is 1. The number of amides is 2. The van der Waals surface area contributed by atoms with Crippen molar-refractivity contribution in [3.05, 3.63) is 45.8 Å². The zero-order valence-electron chi connectivity index (χ0n) is 17.5. The lowest BCUT2D eigenvalue weighted by molar-refractivity contribution is -0.136. The van der Waals surface area contributed by atoms with E-state index in [2.05, 4.69) is 15.8 Å². The highest BCUT2D eigenvalue weighted by molar-refractivity contribution is 7.17. The predicted octanol–water partition coefficient (Wildman–Crippen LogP) is 3.29. The highest BCUT2D eigenvalue weighted by atomic mass is 32.1. The van der Waals surface area contributed by atoms with Gasteiger partial charge in [0.1, 0.15) is 10.8 Å². The first-order valence-electron chi connectivity index (χ1n) is 10.2. The van der Waals surface area contributed by atoms with Gasteiger partial charge in [0.05, 0.1) is 25.0 Å². The molecule has 8 nitrogen and oxygen atoms in total. The number of rotatable bonds is 7. The van der Waals surface area contributed by atoms with E-state index in [9.17, 15) is 14.4 Å². The fourth-order valence-corrected chi connectivity index (χ4v) is 4.54. The van der Waals surface area contributed by atoms with Gasteiger partial charge >= 0.3 is 17.8 Å². The summed E-state index contributed by atoms with van der Waals surface area (Å²) in [7, 11) is 0. The molecule has 3 rings (SSSR count). The van der Waals surface area contributed by atoms with Gasteiger partial charge in [-0.15, -0.1) is 11.3 Å². The van der Waals surface area contributed by atoms with E-state index in [0.29, 0.717) is 17.2 Å². The summed E-state index contributed by atoms with van der Waals surface area (Å²) in [5, 5.41) is 6.72. The van der Waals surface area contributed by atoms with Gasteiger partial charge in [0.15, 0.2) is 0 Å². The second-order valence-electron chi connectivity index (χ2n) is 6.79. The number of ether oxygens (including phenoxy) is 2. The quantitative estimate of drug-likeness (QED) is 0.296. The lowest BCUT2D eigenvalue weighted by Crippen LogP contribution is -2.32. The fourth-order valence-electron chi connectivity index (χ4n) is 3.27. The highest BCUT2D eigenvalue weighted by Crippen LogP contribution is 2.38. The molecule has 0 saturated heterocycles. The van der Waals surface area contributed by atoms with Crippen molar-refractivity contribution in [3.8, 4) is 5.75 Å². The van der Waals surface area contributed by atoms with E-state index in [-0.39, 0.29) is 6.61 Å². The molecule has 2 N–H and O–H groups in total. The first-order chi connectivity index (χ1) is 15.0. The van der Waals surface area contributed by atoms with Crippen LogP contribution in [0.2, 0.25) is 0 Å². The van der Waals surface area contributed by atoms with Crippen molar-refractivity contribution in [2.75, 3.05) is 18.5 Å². The maximum Gasteiger partial charge on any atom is 0.341 e. The molecule has 0 unspecified atom stereocenters. The molecule has 2 aromatic rings. The van der Waals surface area contributed by atoms with Crippen LogP contribution in [0.3, 0.4) is 0 Å². The smallest absolute Gasteiger partial charge is 0.341 e. The van der Waals surface area contributed by atoms with E-state index in [1.54, 1.807) is 31.2 Å². The number of aryl methyl sites for hydroxylation is 1. The molecule has 9 heteroatoms. The minimum Gasteiger partial charge on any atom is -0.494 e. The van der Waals surface area contributed by atoms with Gasteiger partial charge in [-0.05, 0) is 74.9 Å². The fraction of sp³-hybridized carbons (Fsp3) is 0.364. The van der Waals surface area contributed by atoms with Gasteiger partial charge in [0.25, 0.3) is 0 Å². The van der Waals surface area contributed by atoms with Crippen LogP contribution in [-0.2, 0) is 27.2 Å². The van der Waals surface area contributed by atoms with E-state index in [0.717, 1.165) is 47.4 Å². The van der Waals surface area contributed by atoms with Crippen molar-refractivity contribution in [2.24, 2.45) is 5.10 Å². The van der Waals surface area contributed by atoms with Gasteiger partial charge in [0, 0.05) is 4.88 Å². The number of carbonyl (C=O) groups excluding carboxylic acids is 3. The normalized spacial score (nSPS) is 12.8. The Morgan fingerprint density at radius 1 is 1.06 bits per heavy atom. The summed E-state index contributed by atoms with van der Waals surface area (Å²) in [4.78, 5) is 38.0. The standard InChI is InChI=1S/C22H25N3O5S/c1-3-29-15-11-9-14(10-12-15)13-23-25-20(27)19(26)24-21-18(22(28)30-4-2)16-7-5-6-8-17(16)31-21/h9-13H,3-8H2,1-2H3,(H,24,26)(H,25,27). The van der Waals surface area contributed by atoms with Gasteiger partial charge in [-0.2, -0.15) is 5.10 Å². The number of hydrazone groups is 1. The van der Waals surface area contributed by atoms with E-state index >= 15 is 0 Å². The number of benzene rings is 1. The second kappa shape index (κ2) is 10.7. The molecule has 1 aliphatic rings. The van der Waals surface area contributed by atoms with Crippen molar-refractivity contribution in [1.29, 1.82) is 0 Å². The molecule has 1 aromatic carbocycles. The Morgan fingerprint density at radius 3 is 2.52 bits per heavy atom. The van der Waals surface area contributed by atoms with Gasteiger partial charge in [-0.25, -0.2) is 10.2 Å². The van der Waals surface area contributed by atoms with Crippen LogP contribution in [0.1, 0.15) is 53.1 Å². The Balaban J connectivity index is 1.64.